The number of nitrogens with one attached hydrogen (secondary N) is 2. The van der Waals surface area contributed by atoms with Crippen LogP contribution in [0.3, 0.4) is 0 Å². The van der Waals surface area contributed by atoms with Crippen molar-refractivity contribution in [2.75, 3.05) is 17.7 Å². The number of hydrogen-bond donors (Lipinski definition) is 2. The minimum Gasteiger partial charge on any atom is -0.495 e. The third-order valence-corrected chi connectivity index (χ3v) is 3.04. The van der Waals surface area contributed by atoms with Crippen LogP contribution in [0.15, 0.2) is 53.5 Å². The average molecular weight is 253 g/mol. The van der Waals surface area contributed by atoms with Gasteiger partial charge in [0, 0.05) is 5.69 Å². The third-order valence-electron chi connectivity index (χ3n) is 3.04. The van der Waals surface area contributed by atoms with E-state index in [1.807, 2.05) is 42.5 Å². The number of para-hydroxylation sites is 3. The van der Waals surface area contributed by atoms with Gasteiger partial charge in [-0.15, -0.1) is 0 Å². The van der Waals surface area contributed by atoms with Crippen LogP contribution in [0.2, 0.25) is 0 Å². The quantitative estimate of drug-likeness (QED) is 0.864. The summed E-state index contributed by atoms with van der Waals surface area (Å²) in [6, 6.07) is 15.9. The summed E-state index contributed by atoms with van der Waals surface area (Å²) < 4.78 is 5.31. The summed E-state index contributed by atoms with van der Waals surface area (Å²) in [5.74, 6) is 1.54. The maximum absolute atomic E-state index is 5.31. The topological polar surface area (TPSA) is 45.6 Å². The Morgan fingerprint density at radius 3 is 2.79 bits per heavy atom. The van der Waals surface area contributed by atoms with E-state index in [1.165, 1.54) is 5.56 Å². The van der Waals surface area contributed by atoms with E-state index in [-0.39, 0.29) is 0 Å². The first kappa shape index (κ1) is 11.6. The minimum atomic E-state index is 0.681. The largest absolute Gasteiger partial charge is 0.495 e. The Morgan fingerprint density at radius 2 is 1.89 bits per heavy atom. The van der Waals surface area contributed by atoms with E-state index in [2.05, 4.69) is 21.7 Å². The van der Waals surface area contributed by atoms with Gasteiger partial charge in [0.15, 0.2) is 0 Å². The lowest BCUT2D eigenvalue weighted by Crippen LogP contribution is -2.25. The highest BCUT2D eigenvalue weighted by Crippen LogP contribution is 2.25. The second kappa shape index (κ2) is 5.02. The Hall–Kier alpha value is -2.49. The molecule has 0 aliphatic carbocycles. The molecule has 4 heteroatoms. The number of hydrogen-bond acceptors (Lipinski definition) is 4. The van der Waals surface area contributed by atoms with E-state index in [4.69, 9.17) is 4.74 Å². The van der Waals surface area contributed by atoms with Gasteiger partial charge >= 0.3 is 0 Å². The van der Waals surface area contributed by atoms with Crippen LogP contribution in [0.4, 0.5) is 11.4 Å². The monoisotopic (exact) mass is 253 g/mol. The van der Waals surface area contributed by atoms with Crippen LogP contribution < -0.4 is 15.4 Å². The lowest BCUT2D eigenvalue weighted by Gasteiger charge is -2.20. The van der Waals surface area contributed by atoms with Crippen LogP contribution in [-0.4, -0.2) is 13.1 Å². The lowest BCUT2D eigenvalue weighted by molar-refractivity contribution is 0.417. The number of ether oxygens (including phenoxy) is 1. The molecule has 0 unspecified atom stereocenters. The Bertz CT molecular complexity index is 622. The molecule has 2 aromatic rings. The van der Waals surface area contributed by atoms with Gasteiger partial charge in [0.1, 0.15) is 5.75 Å². The number of guanidine groups is 1. The summed E-state index contributed by atoms with van der Waals surface area (Å²) in [5, 5.41) is 6.54. The molecule has 96 valence electrons. The van der Waals surface area contributed by atoms with E-state index in [1.54, 1.807) is 7.11 Å². The fourth-order valence-electron chi connectivity index (χ4n) is 2.06. The molecule has 0 saturated heterocycles. The highest BCUT2D eigenvalue weighted by Gasteiger charge is 2.12. The van der Waals surface area contributed by atoms with Crippen LogP contribution in [-0.2, 0) is 6.54 Å². The number of benzene rings is 2. The normalized spacial score (nSPS) is 13.0. The van der Waals surface area contributed by atoms with E-state index in [9.17, 15) is 0 Å². The molecule has 0 saturated carbocycles. The van der Waals surface area contributed by atoms with Crippen molar-refractivity contribution >= 4 is 17.3 Å². The molecule has 0 aromatic heterocycles. The van der Waals surface area contributed by atoms with Gasteiger partial charge in [-0.1, -0.05) is 30.3 Å². The maximum Gasteiger partial charge on any atom is 0.200 e. The Balaban J connectivity index is 1.80. The standard InChI is InChI=1S/C15H15N3O/c1-19-14-9-5-4-8-13(14)18-15-16-10-11-6-2-3-7-12(11)17-15/h2-9H,10H2,1H3,(H2,16,17,18). The fraction of sp³-hybridized carbons (Fsp3) is 0.133. The molecular weight excluding hydrogens is 238 g/mol. The van der Waals surface area contributed by atoms with Crippen molar-refractivity contribution in [1.29, 1.82) is 0 Å². The van der Waals surface area contributed by atoms with Crippen molar-refractivity contribution in [3.05, 3.63) is 54.1 Å². The van der Waals surface area contributed by atoms with Crippen molar-refractivity contribution in [2.45, 2.75) is 6.54 Å². The summed E-state index contributed by atoms with van der Waals surface area (Å²) in [6.07, 6.45) is 0. The molecule has 4 nitrogen and oxygen atoms in total. The average Bonchev–Trinajstić information content (AvgIpc) is 2.48. The molecular formula is C15H15N3O. The van der Waals surface area contributed by atoms with Gasteiger partial charge in [-0.05, 0) is 23.8 Å². The van der Waals surface area contributed by atoms with Crippen LogP contribution in [0.5, 0.6) is 5.75 Å². The molecule has 0 amide bonds. The van der Waals surface area contributed by atoms with Gasteiger partial charge in [0.2, 0.25) is 5.96 Å². The number of fused-ring (bicyclic) bond motifs is 1. The van der Waals surface area contributed by atoms with Crippen LogP contribution in [0, 0.1) is 0 Å². The number of methoxy groups -OCH3 is 1. The molecule has 1 aliphatic rings. The van der Waals surface area contributed by atoms with Gasteiger partial charge in [0.25, 0.3) is 0 Å². The molecule has 1 heterocycles. The van der Waals surface area contributed by atoms with E-state index in [0.717, 1.165) is 23.1 Å². The highest BCUT2D eigenvalue weighted by atomic mass is 16.5. The van der Waals surface area contributed by atoms with Crippen LogP contribution >= 0.6 is 0 Å². The maximum atomic E-state index is 5.31. The number of rotatable bonds is 2. The molecule has 0 bridgehead atoms. The summed E-state index contributed by atoms with van der Waals surface area (Å²) in [5.41, 5.74) is 3.19. The number of anilines is 2. The summed E-state index contributed by atoms with van der Waals surface area (Å²) in [7, 11) is 1.66. The summed E-state index contributed by atoms with van der Waals surface area (Å²) in [6.45, 7) is 0.681. The smallest absolute Gasteiger partial charge is 0.200 e. The predicted molar refractivity (Wildman–Crippen MR) is 77.8 cm³/mol. The zero-order valence-electron chi connectivity index (χ0n) is 10.7. The van der Waals surface area contributed by atoms with Crippen molar-refractivity contribution < 1.29 is 4.74 Å². The van der Waals surface area contributed by atoms with Crippen molar-refractivity contribution in [3.8, 4) is 5.75 Å². The first-order valence-electron chi connectivity index (χ1n) is 6.16. The molecule has 0 fully saturated rings. The van der Waals surface area contributed by atoms with E-state index < -0.39 is 0 Å². The summed E-state index contributed by atoms with van der Waals surface area (Å²) in [4.78, 5) is 4.48. The molecule has 0 spiro atoms. The second-order valence-electron chi connectivity index (χ2n) is 4.27. The molecule has 19 heavy (non-hydrogen) atoms. The lowest BCUT2D eigenvalue weighted by atomic mass is 10.1. The second-order valence-corrected chi connectivity index (χ2v) is 4.27. The van der Waals surface area contributed by atoms with Gasteiger partial charge in [-0.2, -0.15) is 0 Å². The summed E-state index contributed by atoms with van der Waals surface area (Å²) >= 11 is 0. The third kappa shape index (κ3) is 2.38. The van der Waals surface area contributed by atoms with Crippen LogP contribution in [0.1, 0.15) is 5.56 Å². The molecule has 0 atom stereocenters. The zero-order chi connectivity index (χ0) is 13.1. The molecule has 0 radical (unpaired) electrons. The Morgan fingerprint density at radius 1 is 1.11 bits per heavy atom. The Labute approximate surface area is 112 Å². The zero-order valence-corrected chi connectivity index (χ0v) is 10.7. The molecule has 1 aliphatic heterocycles. The van der Waals surface area contributed by atoms with Crippen LogP contribution in [0.25, 0.3) is 0 Å². The SMILES string of the molecule is COc1ccccc1NC1=NCc2ccccc2N1. The van der Waals surface area contributed by atoms with E-state index >= 15 is 0 Å². The molecule has 2 N–H and O–H groups in total. The van der Waals surface area contributed by atoms with Gasteiger partial charge < -0.3 is 15.4 Å². The van der Waals surface area contributed by atoms with Crippen molar-refractivity contribution in [1.82, 2.24) is 0 Å². The van der Waals surface area contributed by atoms with Gasteiger partial charge in [0.05, 0.1) is 19.3 Å². The highest BCUT2D eigenvalue weighted by molar-refractivity contribution is 6.05. The van der Waals surface area contributed by atoms with E-state index in [0.29, 0.717) is 6.54 Å². The van der Waals surface area contributed by atoms with Gasteiger partial charge in [-0.25, -0.2) is 4.99 Å². The number of aliphatic imine (C=N–C) groups is 1. The number of nitrogens with zero attached hydrogens (tertiary/aromatic N) is 1. The fourth-order valence-corrected chi connectivity index (χ4v) is 2.06. The van der Waals surface area contributed by atoms with Crippen molar-refractivity contribution in [3.63, 3.8) is 0 Å². The first-order valence-corrected chi connectivity index (χ1v) is 6.16. The van der Waals surface area contributed by atoms with Crippen molar-refractivity contribution in [2.24, 2.45) is 4.99 Å². The van der Waals surface area contributed by atoms with Gasteiger partial charge in [-0.3, -0.25) is 0 Å². The molecule has 3 rings (SSSR count). The first-order chi connectivity index (χ1) is 9.36. The predicted octanol–water partition coefficient (Wildman–Crippen LogP) is 3.09. The Kier molecular flexibility index (Phi) is 3.06. The minimum absolute atomic E-state index is 0.681. The molecule has 2 aromatic carbocycles.